The van der Waals surface area contributed by atoms with Crippen LogP contribution >= 0.6 is 0 Å². The van der Waals surface area contributed by atoms with Crippen LogP contribution in [0.2, 0.25) is 0 Å². The minimum absolute atomic E-state index is 0.238. The van der Waals surface area contributed by atoms with Crippen molar-refractivity contribution in [3.63, 3.8) is 0 Å². The summed E-state index contributed by atoms with van der Waals surface area (Å²) in [6, 6.07) is 20.3. The maximum absolute atomic E-state index is 13.1. The quantitative estimate of drug-likeness (QED) is 0.507. The third-order valence-electron chi connectivity index (χ3n) is 5.58. The molecule has 0 fully saturated rings. The zero-order chi connectivity index (χ0) is 23.7. The summed E-state index contributed by atoms with van der Waals surface area (Å²) in [5, 5.41) is 12.4. The molecule has 0 spiro atoms. The summed E-state index contributed by atoms with van der Waals surface area (Å²) in [7, 11) is 0. The lowest BCUT2D eigenvalue weighted by molar-refractivity contribution is -0.112. The number of fused-ring (bicyclic) bond motifs is 1. The molecule has 4 aromatic rings. The Morgan fingerprint density at radius 1 is 0.912 bits per heavy atom. The van der Waals surface area contributed by atoms with Gasteiger partial charge in [0, 0.05) is 22.5 Å². The van der Waals surface area contributed by atoms with E-state index in [0.29, 0.717) is 33.4 Å². The largest absolute Gasteiger partial charge is 0.346 e. The molecule has 0 saturated carbocycles. The van der Waals surface area contributed by atoms with E-state index in [0.717, 1.165) is 22.0 Å². The maximum atomic E-state index is 13.1. The number of aromatic nitrogens is 3. The fraction of sp³-hybridized carbons (Fsp3) is 0.111. The van der Waals surface area contributed by atoms with Gasteiger partial charge in [-0.3, -0.25) is 14.6 Å². The molecule has 2 aromatic carbocycles. The highest BCUT2D eigenvalue weighted by molar-refractivity contribution is 6.21. The van der Waals surface area contributed by atoms with Gasteiger partial charge in [-0.2, -0.15) is 10.2 Å². The van der Waals surface area contributed by atoms with E-state index in [4.69, 9.17) is 0 Å². The molecule has 1 N–H and O–H groups in total. The highest BCUT2D eigenvalue weighted by Crippen LogP contribution is 2.25. The van der Waals surface area contributed by atoms with Gasteiger partial charge < -0.3 is 5.32 Å². The first kappa shape index (κ1) is 21.3. The molecule has 7 nitrogen and oxygen atoms in total. The van der Waals surface area contributed by atoms with E-state index in [1.54, 1.807) is 18.3 Å². The third kappa shape index (κ3) is 4.23. The van der Waals surface area contributed by atoms with E-state index in [2.05, 4.69) is 25.5 Å². The van der Waals surface area contributed by atoms with E-state index in [1.165, 1.54) is 0 Å². The molecule has 2 aromatic heterocycles. The lowest BCUT2D eigenvalue weighted by atomic mass is 9.96. The summed E-state index contributed by atoms with van der Waals surface area (Å²) < 4.78 is 0. The van der Waals surface area contributed by atoms with Crippen molar-refractivity contribution >= 4 is 17.4 Å². The Kier molecular flexibility index (Phi) is 5.51. The minimum Gasteiger partial charge on any atom is -0.346 e. The standard InChI is InChI=1S/C27H21N5O2/c1-16-7-10-23(28-14-16)18-11-19(25-22-5-3-4-6-24(22)30-27(25)34)13-20(12-18)26(33)29-15-21-9-8-17(2)31-32-21/h3-14H,15H2,1-2H3,(H,29,33). The topological polar surface area (TPSA) is 97.2 Å². The van der Waals surface area contributed by atoms with Crippen LogP contribution < -0.4 is 15.9 Å². The van der Waals surface area contributed by atoms with Crippen LogP contribution in [0, 0.1) is 13.8 Å². The van der Waals surface area contributed by atoms with E-state index in [-0.39, 0.29) is 18.4 Å². The summed E-state index contributed by atoms with van der Waals surface area (Å²) in [6.45, 7) is 4.06. The molecule has 3 heterocycles. The van der Waals surface area contributed by atoms with E-state index in [1.807, 2.05) is 68.4 Å². The Hall–Kier alpha value is -4.52. The van der Waals surface area contributed by atoms with Gasteiger partial charge in [0.15, 0.2) is 0 Å². The van der Waals surface area contributed by atoms with Crippen LogP contribution in [0.5, 0.6) is 0 Å². The first-order valence-corrected chi connectivity index (χ1v) is 10.9. The Labute approximate surface area is 195 Å². The van der Waals surface area contributed by atoms with Gasteiger partial charge in [0.2, 0.25) is 0 Å². The average molecular weight is 447 g/mol. The first-order chi connectivity index (χ1) is 16.5. The number of hydrogen-bond donors (Lipinski definition) is 1. The Morgan fingerprint density at radius 3 is 2.50 bits per heavy atom. The molecule has 2 amide bonds. The molecule has 0 saturated heterocycles. The SMILES string of the molecule is Cc1ccc(-c2cc(C(=O)NCc3ccc(C)nn3)cc(C3=c4ccccc4=NC3=O)c2)nc1. The van der Waals surface area contributed by atoms with Gasteiger partial charge >= 0.3 is 0 Å². The normalized spacial score (nSPS) is 12.3. The summed E-state index contributed by atoms with van der Waals surface area (Å²) in [6.07, 6.45) is 1.77. The Morgan fingerprint density at radius 2 is 1.74 bits per heavy atom. The van der Waals surface area contributed by atoms with Crippen molar-refractivity contribution in [2.75, 3.05) is 0 Å². The highest BCUT2D eigenvalue weighted by Gasteiger charge is 2.21. The summed E-state index contributed by atoms with van der Waals surface area (Å²) in [4.78, 5) is 34.6. The molecule has 7 heteroatoms. The van der Waals surface area contributed by atoms with Gasteiger partial charge in [0.1, 0.15) is 0 Å². The fourth-order valence-corrected chi connectivity index (χ4v) is 3.83. The smallest absolute Gasteiger partial charge is 0.278 e. The van der Waals surface area contributed by atoms with E-state index >= 15 is 0 Å². The molecule has 0 bridgehead atoms. The molecule has 0 radical (unpaired) electrons. The van der Waals surface area contributed by atoms with Crippen molar-refractivity contribution in [1.82, 2.24) is 20.5 Å². The van der Waals surface area contributed by atoms with Crippen LogP contribution in [-0.4, -0.2) is 27.0 Å². The molecule has 0 atom stereocenters. The van der Waals surface area contributed by atoms with Crippen molar-refractivity contribution in [2.45, 2.75) is 20.4 Å². The van der Waals surface area contributed by atoms with Gasteiger partial charge in [0.25, 0.3) is 11.8 Å². The van der Waals surface area contributed by atoms with Crippen LogP contribution in [0.4, 0.5) is 0 Å². The molecule has 5 rings (SSSR count). The minimum atomic E-state index is -0.323. The molecule has 1 aliphatic heterocycles. The number of amides is 2. The third-order valence-corrected chi connectivity index (χ3v) is 5.58. The molecular weight excluding hydrogens is 426 g/mol. The second kappa shape index (κ2) is 8.78. The number of carbonyl (C=O) groups excluding carboxylic acids is 2. The number of carbonyl (C=O) groups is 2. The number of rotatable bonds is 5. The number of benzene rings is 2. The lowest BCUT2D eigenvalue weighted by Gasteiger charge is -2.11. The zero-order valence-electron chi connectivity index (χ0n) is 18.7. The predicted octanol–water partition coefficient (Wildman–Crippen LogP) is 2.44. The maximum Gasteiger partial charge on any atom is 0.278 e. The summed E-state index contributed by atoms with van der Waals surface area (Å²) in [5.74, 6) is -0.606. The Balaban J connectivity index is 1.58. The molecule has 0 unspecified atom stereocenters. The van der Waals surface area contributed by atoms with Gasteiger partial charge in [-0.05, 0) is 67.4 Å². The number of hydrogen-bond acceptors (Lipinski definition) is 5. The first-order valence-electron chi connectivity index (χ1n) is 10.9. The average Bonchev–Trinajstić information content (AvgIpc) is 3.19. The molecular formula is C27H21N5O2. The monoisotopic (exact) mass is 447 g/mol. The van der Waals surface area contributed by atoms with Gasteiger partial charge in [-0.1, -0.05) is 24.3 Å². The molecule has 1 aliphatic rings. The summed E-state index contributed by atoms with van der Waals surface area (Å²) in [5.41, 5.74) is 5.46. The van der Waals surface area contributed by atoms with Gasteiger partial charge in [0.05, 0.1) is 34.6 Å². The van der Waals surface area contributed by atoms with E-state index in [9.17, 15) is 9.59 Å². The molecule has 34 heavy (non-hydrogen) atoms. The number of pyridine rings is 1. The van der Waals surface area contributed by atoms with Crippen molar-refractivity contribution < 1.29 is 9.59 Å². The number of nitrogens with one attached hydrogen (secondary N) is 1. The van der Waals surface area contributed by atoms with Crippen molar-refractivity contribution in [3.8, 4) is 11.3 Å². The number of aryl methyl sites for hydroxylation is 2. The highest BCUT2D eigenvalue weighted by atomic mass is 16.2. The van der Waals surface area contributed by atoms with Crippen molar-refractivity contribution in [1.29, 1.82) is 0 Å². The summed E-state index contributed by atoms with van der Waals surface area (Å²) >= 11 is 0. The van der Waals surface area contributed by atoms with Crippen molar-refractivity contribution in [2.24, 2.45) is 4.99 Å². The number of nitrogens with zero attached hydrogens (tertiary/aromatic N) is 4. The predicted molar refractivity (Wildman–Crippen MR) is 127 cm³/mol. The molecule has 166 valence electrons. The number of para-hydroxylation sites is 1. The van der Waals surface area contributed by atoms with Crippen LogP contribution in [0.1, 0.15) is 32.9 Å². The van der Waals surface area contributed by atoms with E-state index < -0.39 is 0 Å². The zero-order valence-corrected chi connectivity index (χ0v) is 18.7. The lowest BCUT2D eigenvalue weighted by Crippen LogP contribution is -2.24. The van der Waals surface area contributed by atoms with Gasteiger partial charge in [-0.15, -0.1) is 0 Å². The van der Waals surface area contributed by atoms with Crippen LogP contribution in [0.15, 0.2) is 77.9 Å². The Bertz CT molecular complexity index is 1540. The molecule has 0 aliphatic carbocycles. The van der Waals surface area contributed by atoms with Crippen LogP contribution in [0.25, 0.3) is 16.8 Å². The van der Waals surface area contributed by atoms with Crippen molar-refractivity contribution in [3.05, 3.63) is 112 Å². The second-order valence-electron chi connectivity index (χ2n) is 8.18. The van der Waals surface area contributed by atoms with Gasteiger partial charge in [-0.25, -0.2) is 4.99 Å². The van der Waals surface area contributed by atoms with Crippen LogP contribution in [0.3, 0.4) is 0 Å². The second-order valence-corrected chi connectivity index (χ2v) is 8.18. The fourth-order valence-electron chi connectivity index (χ4n) is 3.83. The van der Waals surface area contributed by atoms with Crippen LogP contribution in [-0.2, 0) is 11.3 Å².